The highest BCUT2D eigenvalue weighted by atomic mass is 16.6. The van der Waals surface area contributed by atoms with Gasteiger partial charge < -0.3 is 19.5 Å². The summed E-state index contributed by atoms with van der Waals surface area (Å²) < 4.78 is 16.8. The number of hydrogen-bond acceptors (Lipinski definition) is 9. The Morgan fingerprint density at radius 2 is 1.89 bits per heavy atom. The van der Waals surface area contributed by atoms with Gasteiger partial charge in [0.1, 0.15) is 16.6 Å². The van der Waals surface area contributed by atoms with Gasteiger partial charge in [-0.2, -0.15) is 0 Å². The summed E-state index contributed by atoms with van der Waals surface area (Å²) in [6.07, 6.45) is 12.5. The van der Waals surface area contributed by atoms with Crippen molar-refractivity contribution in [2.45, 2.75) is 83.3 Å². The summed E-state index contributed by atoms with van der Waals surface area (Å²) in [5.41, 5.74) is -1.05. The molecule has 0 aromatic heterocycles. The van der Waals surface area contributed by atoms with Gasteiger partial charge in [0.25, 0.3) is 5.91 Å². The molecule has 0 aromatic carbocycles. The zero-order valence-corrected chi connectivity index (χ0v) is 22.8. The first-order valence-electron chi connectivity index (χ1n) is 13.3. The first-order valence-corrected chi connectivity index (χ1v) is 13.3. The summed E-state index contributed by atoms with van der Waals surface area (Å²) in [4.78, 5) is 49.3. The number of hydrogen-bond donors (Lipinski definition) is 3. The van der Waals surface area contributed by atoms with Crippen LogP contribution in [0.4, 0.5) is 0 Å². The van der Waals surface area contributed by atoms with Crippen molar-refractivity contribution >= 4 is 23.8 Å². The predicted octanol–water partition coefficient (Wildman–Crippen LogP) is 3.05. The average Bonchev–Trinajstić information content (AvgIpc) is 3.05. The van der Waals surface area contributed by atoms with Crippen LogP contribution in [0.1, 0.15) is 72.1 Å². The Bertz CT molecular complexity index is 1020. The number of allylic oxidation sites excluding steroid dienone is 3. The van der Waals surface area contributed by atoms with E-state index in [-0.39, 0.29) is 17.9 Å². The molecule has 38 heavy (non-hydrogen) atoms. The van der Waals surface area contributed by atoms with Gasteiger partial charge in [-0.1, -0.05) is 24.6 Å². The van der Waals surface area contributed by atoms with E-state index in [0.717, 1.165) is 0 Å². The number of amides is 1. The summed E-state index contributed by atoms with van der Waals surface area (Å²) in [7, 11) is 1.30. The Morgan fingerprint density at radius 3 is 2.45 bits per heavy atom. The Hall–Kier alpha value is -2.98. The molecule has 2 saturated heterocycles. The van der Waals surface area contributed by atoms with Crippen LogP contribution in [0.3, 0.4) is 0 Å². The molecule has 3 fully saturated rings. The molecule has 2 bridgehead atoms. The highest BCUT2D eigenvalue weighted by molar-refractivity contribution is 5.92. The number of hydroxylamine groups is 1. The van der Waals surface area contributed by atoms with Gasteiger partial charge in [-0.25, -0.2) is 10.3 Å². The van der Waals surface area contributed by atoms with Crippen molar-refractivity contribution in [3.05, 3.63) is 35.5 Å². The molecule has 0 unspecified atom stereocenters. The van der Waals surface area contributed by atoms with Gasteiger partial charge in [0.15, 0.2) is 0 Å². The van der Waals surface area contributed by atoms with E-state index in [9.17, 15) is 19.2 Å². The van der Waals surface area contributed by atoms with Crippen LogP contribution in [-0.2, 0) is 33.4 Å². The van der Waals surface area contributed by atoms with Gasteiger partial charge in [0.2, 0.25) is 0 Å². The lowest BCUT2D eigenvalue weighted by atomic mass is 9.62. The first kappa shape index (κ1) is 29.6. The number of esters is 3. The fourth-order valence-electron chi connectivity index (χ4n) is 6.35. The molecule has 2 heterocycles. The fourth-order valence-corrected chi connectivity index (χ4v) is 6.35. The normalized spacial score (nSPS) is 32.6. The molecule has 0 aromatic rings. The lowest BCUT2D eigenvalue weighted by Gasteiger charge is -2.54. The van der Waals surface area contributed by atoms with E-state index < -0.39 is 40.4 Å². The largest absolute Gasteiger partial charge is 0.466 e. The van der Waals surface area contributed by atoms with Crippen molar-refractivity contribution in [2.24, 2.45) is 11.3 Å². The van der Waals surface area contributed by atoms with E-state index in [1.54, 1.807) is 30.6 Å². The number of nitrogens with one attached hydrogen (secondary N) is 2. The summed E-state index contributed by atoms with van der Waals surface area (Å²) in [5.74, 6) is -2.44. The van der Waals surface area contributed by atoms with Crippen molar-refractivity contribution in [1.29, 1.82) is 0 Å². The van der Waals surface area contributed by atoms with Crippen LogP contribution in [0.25, 0.3) is 0 Å². The minimum absolute atomic E-state index is 0.218. The van der Waals surface area contributed by atoms with Gasteiger partial charge in [-0.15, -0.1) is 0 Å². The third-order valence-electron chi connectivity index (χ3n) is 8.30. The minimum atomic E-state index is -1.14. The van der Waals surface area contributed by atoms with Crippen molar-refractivity contribution in [3.63, 3.8) is 0 Å². The Kier molecular flexibility index (Phi) is 9.54. The van der Waals surface area contributed by atoms with Crippen molar-refractivity contribution < 1.29 is 38.6 Å². The number of rotatable bonds is 5. The quantitative estimate of drug-likeness (QED) is 0.122. The smallest absolute Gasteiger partial charge is 0.333 e. The summed E-state index contributed by atoms with van der Waals surface area (Å²) >= 11 is 0. The summed E-state index contributed by atoms with van der Waals surface area (Å²) in [6.45, 7) is 7.09. The predicted molar refractivity (Wildman–Crippen MR) is 138 cm³/mol. The van der Waals surface area contributed by atoms with Crippen LogP contribution in [0, 0.1) is 11.3 Å². The Balaban J connectivity index is 0.000000585. The molecule has 0 radical (unpaired) electrons. The lowest BCUT2D eigenvalue weighted by Crippen LogP contribution is -2.65. The van der Waals surface area contributed by atoms with Crippen LogP contribution < -0.4 is 10.8 Å². The second kappa shape index (κ2) is 12.3. The number of ether oxygens (including phenoxy) is 3. The molecule has 2 aliphatic heterocycles. The van der Waals surface area contributed by atoms with Crippen molar-refractivity contribution in [1.82, 2.24) is 10.8 Å². The molecular weight excluding hydrogens is 492 g/mol. The first-order chi connectivity index (χ1) is 18.0. The van der Waals surface area contributed by atoms with Gasteiger partial charge in [0.05, 0.1) is 7.11 Å². The molecule has 1 saturated carbocycles. The molecule has 10 heteroatoms. The highest BCUT2D eigenvalue weighted by Gasteiger charge is 2.74. The standard InChI is InChI=1S/C23H29NO8.C5H11N/c1-14(18(26)24-29)6-5-10-21(3)17-9-12-22(20(28)32-21)11-7-16(19(27)30-4)8-13-23(17,22)31-15(2)25;1-2-4-6-5-3-1/h5-7,10,17,29H,8-9,11-13H2,1-4H3,(H,24,26);6H,1-5H2/b10-5+,14-6+;/t17-,21+,22+,23-;/m0./s1. The van der Waals surface area contributed by atoms with E-state index in [2.05, 4.69) is 5.32 Å². The molecule has 210 valence electrons. The highest BCUT2D eigenvalue weighted by Crippen LogP contribution is 2.65. The van der Waals surface area contributed by atoms with Gasteiger partial charge >= 0.3 is 17.9 Å². The molecule has 1 amide bonds. The second-order valence-electron chi connectivity index (χ2n) is 10.6. The Labute approximate surface area is 223 Å². The molecular formula is C28H40N2O8. The molecule has 10 nitrogen and oxygen atoms in total. The van der Waals surface area contributed by atoms with Gasteiger partial charge in [0, 0.05) is 24.0 Å². The number of methoxy groups -OCH3 is 1. The zero-order chi connectivity index (χ0) is 28.0. The van der Waals surface area contributed by atoms with E-state index in [1.807, 2.05) is 0 Å². The zero-order valence-electron chi connectivity index (χ0n) is 22.8. The average molecular weight is 533 g/mol. The third-order valence-corrected chi connectivity index (χ3v) is 8.30. The van der Waals surface area contributed by atoms with E-state index >= 15 is 0 Å². The van der Waals surface area contributed by atoms with Gasteiger partial charge in [-0.05, 0) is 78.0 Å². The summed E-state index contributed by atoms with van der Waals surface area (Å²) in [5, 5.41) is 12.0. The SMILES string of the molecule is C1CCNCC1.COC(=O)C1=CC[C@@]23CC[C@@H]([C@@](C)(/C=C/C=C(\C)C(=O)NO)OC2=O)[C@@]3(OC(C)=O)CC1. The van der Waals surface area contributed by atoms with Crippen LogP contribution in [0.5, 0.6) is 0 Å². The van der Waals surface area contributed by atoms with Crippen molar-refractivity contribution in [3.8, 4) is 0 Å². The minimum Gasteiger partial charge on any atom is -0.466 e. The Morgan fingerprint density at radius 1 is 1.18 bits per heavy atom. The maximum Gasteiger partial charge on any atom is 0.333 e. The van der Waals surface area contributed by atoms with Crippen LogP contribution >= 0.6 is 0 Å². The fraction of sp³-hybridized carbons (Fsp3) is 0.643. The van der Waals surface area contributed by atoms with E-state index in [1.165, 1.54) is 59.4 Å². The van der Waals surface area contributed by atoms with Gasteiger partial charge in [-0.3, -0.25) is 19.6 Å². The second-order valence-corrected chi connectivity index (χ2v) is 10.6. The van der Waals surface area contributed by atoms with Crippen LogP contribution in [0.15, 0.2) is 35.5 Å². The molecule has 2 aliphatic carbocycles. The number of cyclic esters (lactones) is 1. The maximum atomic E-state index is 13.5. The monoisotopic (exact) mass is 532 g/mol. The molecule has 4 rings (SSSR count). The molecule has 3 N–H and O–H groups in total. The number of piperidine rings is 1. The van der Waals surface area contributed by atoms with Crippen molar-refractivity contribution in [2.75, 3.05) is 20.2 Å². The molecule has 4 aliphatic rings. The number of carbonyl (C=O) groups is 4. The van der Waals surface area contributed by atoms with Crippen LogP contribution in [0.2, 0.25) is 0 Å². The van der Waals surface area contributed by atoms with Crippen LogP contribution in [-0.4, -0.2) is 60.4 Å². The summed E-state index contributed by atoms with van der Waals surface area (Å²) in [6, 6.07) is 0. The number of carbonyl (C=O) groups excluding carboxylic acids is 4. The van der Waals surface area contributed by atoms with E-state index in [0.29, 0.717) is 31.3 Å². The maximum absolute atomic E-state index is 13.5. The lowest BCUT2D eigenvalue weighted by molar-refractivity contribution is -0.235. The molecule has 4 atom stereocenters. The third kappa shape index (κ3) is 5.71. The topological polar surface area (TPSA) is 140 Å². The van der Waals surface area contributed by atoms with E-state index in [4.69, 9.17) is 19.4 Å². The molecule has 0 spiro atoms.